The van der Waals surface area contributed by atoms with Crippen LogP contribution >= 0.6 is 0 Å². The lowest BCUT2D eigenvalue weighted by molar-refractivity contribution is -0.214. The molecule has 8 heteroatoms. The number of Topliss-reactive ketones (excluding diaryl/α,β-unsaturated/α-hetero) is 1. The molecule has 0 bridgehead atoms. The number of ether oxygens (including phenoxy) is 1. The molecule has 49 heavy (non-hydrogen) atoms. The molecule has 1 unspecified atom stereocenters. The molecule has 0 aromatic rings. The zero-order valence-electron chi connectivity index (χ0n) is 31.9. The molecule has 274 valence electrons. The zero-order valence-corrected chi connectivity index (χ0v) is 31.9. The predicted molar refractivity (Wildman–Crippen MR) is 189 cm³/mol. The lowest BCUT2D eigenvalue weighted by Crippen LogP contribution is -2.65. The van der Waals surface area contributed by atoms with E-state index in [-0.39, 0.29) is 51.9 Å². The van der Waals surface area contributed by atoms with Crippen LogP contribution in [0.1, 0.15) is 139 Å². The normalized spacial score (nSPS) is 40.3. The quantitative estimate of drug-likeness (QED) is 0.204. The van der Waals surface area contributed by atoms with Gasteiger partial charge < -0.3 is 15.2 Å². The van der Waals surface area contributed by atoms with Gasteiger partial charge in [-0.2, -0.15) is 0 Å². The van der Waals surface area contributed by atoms with Crippen molar-refractivity contribution in [3.05, 3.63) is 11.1 Å². The van der Waals surface area contributed by atoms with Crippen molar-refractivity contribution >= 4 is 23.6 Å². The summed E-state index contributed by atoms with van der Waals surface area (Å²) in [6, 6.07) is 0. The lowest BCUT2D eigenvalue weighted by atomic mass is 9.34. The Balaban J connectivity index is 1.30. The van der Waals surface area contributed by atoms with Gasteiger partial charge >= 0.3 is 11.9 Å². The molecule has 1 amide bonds. The predicted octanol–water partition coefficient (Wildman–Crippen LogP) is 7.34. The van der Waals surface area contributed by atoms with Crippen LogP contribution in [0.2, 0.25) is 0 Å². The summed E-state index contributed by atoms with van der Waals surface area (Å²) in [5.41, 5.74) is 0.865. The van der Waals surface area contributed by atoms with Gasteiger partial charge in [-0.3, -0.25) is 24.1 Å². The first kappa shape index (κ1) is 36.6. The highest BCUT2D eigenvalue weighted by Gasteiger charge is 2.69. The number of ketones is 1. The maximum absolute atomic E-state index is 13.9. The number of nitrogens with zero attached hydrogens (tertiary/aromatic N) is 1. The Hall–Kier alpha value is -2.22. The topological polar surface area (TPSA) is 113 Å². The summed E-state index contributed by atoms with van der Waals surface area (Å²) in [7, 11) is 0. The number of likely N-dealkylation sites (tertiary alicyclic amines) is 1. The summed E-state index contributed by atoms with van der Waals surface area (Å²) in [6.45, 7) is 22.0. The first-order valence-electron chi connectivity index (χ1n) is 19.4. The molecule has 6 rings (SSSR count). The van der Waals surface area contributed by atoms with Crippen LogP contribution < -0.4 is 5.32 Å². The number of esters is 1. The number of fused-ring (bicyclic) bond motifs is 6. The van der Waals surface area contributed by atoms with Crippen molar-refractivity contribution in [1.82, 2.24) is 10.2 Å². The van der Waals surface area contributed by atoms with Crippen LogP contribution in [0.15, 0.2) is 11.1 Å². The molecule has 0 aromatic heterocycles. The second-order valence-electron chi connectivity index (χ2n) is 19.5. The maximum Gasteiger partial charge on any atom is 0.309 e. The monoisotopic (exact) mass is 680 g/mol. The number of nitrogens with one attached hydrogen (secondary N) is 1. The Morgan fingerprint density at radius 3 is 2.27 bits per heavy atom. The van der Waals surface area contributed by atoms with E-state index in [1.165, 1.54) is 11.1 Å². The first-order chi connectivity index (χ1) is 22.7. The minimum absolute atomic E-state index is 0.0445. The van der Waals surface area contributed by atoms with Gasteiger partial charge in [-0.1, -0.05) is 54.0 Å². The second kappa shape index (κ2) is 12.2. The van der Waals surface area contributed by atoms with Crippen LogP contribution in [0, 0.1) is 50.7 Å². The number of allylic oxidation sites excluding steroid dienone is 1. The molecule has 0 aromatic carbocycles. The molecular formula is C41H64N2O6. The number of rotatable bonds is 8. The van der Waals surface area contributed by atoms with Crippen molar-refractivity contribution in [1.29, 1.82) is 0 Å². The molecule has 8 atom stereocenters. The van der Waals surface area contributed by atoms with E-state index in [9.17, 15) is 24.3 Å². The molecule has 0 spiro atoms. The van der Waals surface area contributed by atoms with Crippen molar-refractivity contribution in [2.45, 2.75) is 151 Å². The van der Waals surface area contributed by atoms with Crippen molar-refractivity contribution < 1.29 is 29.0 Å². The van der Waals surface area contributed by atoms with Crippen molar-refractivity contribution in [3.63, 3.8) is 0 Å². The standard InChI is InChI=1S/C41H64N2O6/c1-25(2)33-27(44)22-41(42-31(45)24-43-20-10-11-21-43)19-18-39(8)26(34(33)41)12-13-29-38(7)16-15-30(49-32(46)23-36(3,4)35(47)48)37(5,6)28(38)14-17-40(29,39)9/h25,28-30,33H,10-24H2,1-9H3,(H,42,45)(H,47,48)/t28-,29+,30-,33?,38-,39+,40+,41+/m0/s1. The van der Waals surface area contributed by atoms with E-state index in [0.717, 1.165) is 77.3 Å². The van der Waals surface area contributed by atoms with Gasteiger partial charge in [0.15, 0.2) is 0 Å². The summed E-state index contributed by atoms with van der Waals surface area (Å²) < 4.78 is 6.15. The van der Waals surface area contributed by atoms with Gasteiger partial charge in [0, 0.05) is 17.8 Å². The van der Waals surface area contributed by atoms with Gasteiger partial charge in [-0.05, 0) is 131 Å². The molecule has 2 N–H and O–H groups in total. The minimum atomic E-state index is -1.16. The Kier molecular flexibility index (Phi) is 9.10. The largest absolute Gasteiger partial charge is 0.481 e. The van der Waals surface area contributed by atoms with Crippen molar-refractivity contribution in [2.24, 2.45) is 50.7 Å². The molecule has 1 aliphatic heterocycles. The third kappa shape index (κ3) is 5.64. The molecule has 6 aliphatic rings. The Morgan fingerprint density at radius 2 is 1.63 bits per heavy atom. The first-order valence-corrected chi connectivity index (χ1v) is 19.4. The van der Waals surface area contributed by atoms with E-state index in [4.69, 9.17) is 4.74 Å². The number of carbonyl (C=O) groups excluding carboxylic acids is 3. The fourth-order valence-electron chi connectivity index (χ4n) is 12.9. The lowest BCUT2D eigenvalue weighted by Gasteiger charge is -2.70. The number of carboxylic acid groups (broad SMARTS) is 1. The minimum Gasteiger partial charge on any atom is -0.481 e. The molecule has 4 saturated carbocycles. The smallest absolute Gasteiger partial charge is 0.309 e. The summed E-state index contributed by atoms with van der Waals surface area (Å²) in [6.07, 6.45) is 10.1. The maximum atomic E-state index is 13.9. The fraction of sp³-hybridized carbons (Fsp3) is 0.854. The summed E-state index contributed by atoms with van der Waals surface area (Å²) in [4.78, 5) is 54.6. The molecule has 8 nitrogen and oxygen atoms in total. The van der Waals surface area contributed by atoms with E-state index in [2.05, 4.69) is 58.7 Å². The summed E-state index contributed by atoms with van der Waals surface area (Å²) in [5, 5.41) is 13.1. The van der Waals surface area contributed by atoms with Gasteiger partial charge in [-0.15, -0.1) is 0 Å². The van der Waals surface area contributed by atoms with Crippen molar-refractivity contribution in [3.8, 4) is 0 Å². The van der Waals surface area contributed by atoms with E-state index in [1.807, 2.05) is 0 Å². The third-order valence-electron chi connectivity index (χ3n) is 15.7. The second-order valence-corrected chi connectivity index (χ2v) is 19.5. The highest BCUT2D eigenvalue weighted by atomic mass is 16.5. The number of carboxylic acids is 1. The molecule has 5 fully saturated rings. The Morgan fingerprint density at radius 1 is 0.959 bits per heavy atom. The van der Waals surface area contributed by atoms with Crippen LogP contribution in [-0.4, -0.2) is 64.9 Å². The summed E-state index contributed by atoms with van der Waals surface area (Å²) in [5.74, 6) is -0.122. The fourth-order valence-corrected chi connectivity index (χ4v) is 12.9. The molecule has 5 aliphatic carbocycles. The van der Waals surface area contributed by atoms with E-state index in [0.29, 0.717) is 30.6 Å². The molecule has 0 radical (unpaired) electrons. The van der Waals surface area contributed by atoms with Crippen molar-refractivity contribution in [2.75, 3.05) is 19.6 Å². The SMILES string of the molecule is CC(C)C1C(=O)C[C@]2(NC(=O)CN3CCCC3)CC[C@]3(C)C(=C12)CC[C@@H]1[C@@]2(C)CC[C@H](OC(=O)CC(C)(C)C(=O)O)C(C)(C)[C@@H]2CC[C@]13C. The average molecular weight is 681 g/mol. The van der Waals surface area contributed by atoms with Crippen LogP contribution in [0.4, 0.5) is 0 Å². The number of hydrogen-bond acceptors (Lipinski definition) is 6. The Labute approximate surface area is 294 Å². The molecule has 1 saturated heterocycles. The number of aliphatic carboxylic acids is 1. The van der Waals surface area contributed by atoms with Gasteiger partial charge in [0.25, 0.3) is 0 Å². The van der Waals surface area contributed by atoms with Gasteiger partial charge in [0.1, 0.15) is 11.9 Å². The number of carbonyl (C=O) groups is 4. The zero-order chi connectivity index (χ0) is 35.9. The van der Waals surface area contributed by atoms with Crippen LogP contribution in [-0.2, 0) is 23.9 Å². The highest BCUT2D eigenvalue weighted by Crippen LogP contribution is 2.75. The van der Waals surface area contributed by atoms with Gasteiger partial charge in [-0.25, -0.2) is 0 Å². The number of hydrogen-bond donors (Lipinski definition) is 2. The van der Waals surface area contributed by atoms with Crippen LogP contribution in [0.25, 0.3) is 0 Å². The Bertz CT molecular complexity index is 1420. The van der Waals surface area contributed by atoms with Gasteiger partial charge in [0.2, 0.25) is 5.91 Å². The highest BCUT2D eigenvalue weighted by molar-refractivity contribution is 5.93. The van der Waals surface area contributed by atoms with E-state index >= 15 is 0 Å². The van der Waals surface area contributed by atoms with Crippen LogP contribution in [0.5, 0.6) is 0 Å². The third-order valence-corrected chi connectivity index (χ3v) is 15.7. The molecular weight excluding hydrogens is 616 g/mol. The van der Waals surface area contributed by atoms with E-state index in [1.54, 1.807) is 13.8 Å². The average Bonchev–Trinajstić information content (AvgIpc) is 3.59. The van der Waals surface area contributed by atoms with Gasteiger partial charge in [0.05, 0.1) is 23.9 Å². The van der Waals surface area contributed by atoms with E-state index < -0.39 is 22.9 Å². The summed E-state index contributed by atoms with van der Waals surface area (Å²) >= 11 is 0. The van der Waals surface area contributed by atoms with Crippen LogP contribution in [0.3, 0.4) is 0 Å². The molecule has 1 heterocycles. The number of amides is 1.